The van der Waals surface area contributed by atoms with E-state index in [1.807, 2.05) is 24.3 Å². The molecule has 6 heteroatoms. The molecule has 1 rings (SSSR count). The minimum Gasteiger partial charge on any atom is -0.468 e. The summed E-state index contributed by atoms with van der Waals surface area (Å²) in [6.07, 6.45) is 2.41. The highest BCUT2D eigenvalue weighted by molar-refractivity contribution is 5.80. The van der Waals surface area contributed by atoms with Crippen molar-refractivity contribution in [2.24, 2.45) is 10.8 Å². The van der Waals surface area contributed by atoms with Crippen molar-refractivity contribution in [3.05, 3.63) is 35.4 Å². The number of ether oxygens (including phenoxy) is 1. The van der Waals surface area contributed by atoms with Crippen molar-refractivity contribution in [2.45, 2.75) is 12.5 Å². The summed E-state index contributed by atoms with van der Waals surface area (Å²) in [5.41, 5.74) is 9.58. The van der Waals surface area contributed by atoms with E-state index in [2.05, 4.69) is 15.3 Å². The number of nitrogens with zero attached hydrogens (tertiary/aromatic N) is 1. The molecule has 1 aromatic carbocycles. The van der Waals surface area contributed by atoms with Gasteiger partial charge in [0.25, 0.3) is 0 Å². The third-order valence-electron chi connectivity index (χ3n) is 2.28. The van der Waals surface area contributed by atoms with E-state index in [1.165, 1.54) is 13.3 Å². The lowest BCUT2D eigenvalue weighted by molar-refractivity contribution is -0.142. The number of hydrogen-bond acceptors (Lipinski definition) is 5. The average molecular weight is 249 g/mol. The van der Waals surface area contributed by atoms with Crippen LogP contribution in [0.2, 0.25) is 0 Å². The zero-order chi connectivity index (χ0) is 13.4. The van der Waals surface area contributed by atoms with Crippen molar-refractivity contribution in [3.63, 3.8) is 0 Å². The zero-order valence-corrected chi connectivity index (χ0v) is 10.00. The molecule has 3 N–H and O–H groups in total. The number of nitrogens with one attached hydrogen (secondary N) is 1. The Morgan fingerprint density at radius 2 is 2.17 bits per heavy atom. The number of hydrogen-bond donors (Lipinski definition) is 2. The molecule has 0 saturated carbocycles. The van der Waals surface area contributed by atoms with E-state index in [0.29, 0.717) is 12.8 Å². The van der Waals surface area contributed by atoms with Crippen LogP contribution in [0.15, 0.2) is 29.4 Å². The Hall–Kier alpha value is -2.21. The van der Waals surface area contributed by atoms with E-state index in [1.54, 1.807) is 0 Å². The SMILES string of the molecule is COC(=O)C(N)Cc1ccc(/C=N/NC=O)cc1. The predicted octanol–water partition coefficient (Wildman–Crippen LogP) is -0.191. The van der Waals surface area contributed by atoms with Crippen molar-refractivity contribution in [1.29, 1.82) is 0 Å². The summed E-state index contributed by atoms with van der Waals surface area (Å²) in [4.78, 5) is 21.1. The summed E-state index contributed by atoms with van der Waals surface area (Å²) < 4.78 is 4.55. The van der Waals surface area contributed by atoms with Gasteiger partial charge in [-0.2, -0.15) is 5.10 Å². The number of rotatable bonds is 6. The van der Waals surface area contributed by atoms with Crippen molar-refractivity contribution >= 4 is 18.6 Å². The first-order chi connectivity index (χ1) is 8.67. The van der Waals surface area contributed by atoms with Crippen molar-refractivity contribution in [2.75, 3.05) is 7.11 Å². The molecule has 0 aromatic heterocycles. The predicted molar refractivity (Wildman–Crippen MR) is 66.9 cm³/mol. The van der Waals surface area contributed by atoms with Gasteiger partial charge in [-0.1, -0.05) is 24.3 Å². The van der Waals surface area contributed by atoms with Gasteiger partial charge in [0.05, 0.1) is 13.3 Å². The van der Waals surface area contributed by atoms with E-state index >= 15 is 0 Å². The first-order valence-corrected chi connectivity index (χ1v) is 5.32. The first-order valence-electron chi connectivity index (χ1n) is 5.32. The molecule has 0 heterocycles. The van der Waals surface area contributed by atoms with Gasteiger partial charge >= 0.3 is 5.97 Å². The fourth-order valence-corrected chi connectivity index (χ4v) is 1.37. The van der Waals surface area contributed by atoms with Gasteiger partial charge in [-0.25, -0.2) is 5.43 Å². The number of carbonyl (C=O) groups is 2. The lowest BCUT2D eigenvalue weighted by atomic mass is 10.1. The lowest BCUT2D eigenvalue weighted by Crippen LogP contribution is -2.33. The fourth-order valence-electron chi connectivity index (χ4n) is 1.37. The van der Waals surface area contributed by atoms with E-state index < -0.39 is 12.0 Å². The fraction of sp³-hybridized carbons (Fsp3) is 0.250. The zero-order valence-electron chi connectivity index (χ0n) is 10.00. The normalized spacial score (nSPS) is 12.1. The Balaban J connectivity index is 2.60. The van der Waals surface area contributed by atoms with E-state index in [-0.39, 0.29) is 0 Å². The van der Waals surface area contributed by atoms with Gasteiger partial charge in [-0.3, -0.25) is 9.59 Å². The van der Waals surface area contributed by atoms with Gasteiger partial charge < -0.3 is 10.5 Å². The molecule has 1 aromatic rings. The summed E-state index contributed by atoms with van der Waals surface area (Å²) in [5, 5.41) is 3.65. The van der Waals surface area contributed by atoms with Gasteiger partial charge in [-0.05, 0) is 17.5 Å². The Labute approximate surface area is 105 Å². The topological polar surface area (TPSA) is 93.8 Å². The number of methoxy groups -OCH3 is 1. The second-order valence-electron chi connectivity index (χ2n) is 3.58. The molecule has 0 bridgehead atoms. The highest BCUT2D eigenvalue weighted by atomic mass is 16.5. The molecule has 0 spiro atoms. The molecule has 18 heavy (non-hydrogen) atoms. The molecule has 1 atom stereocenters. The van der Waals surface area contributed by atoms with Crippen LogP contribution < -0.4 is 11.2 Å². The van der Waals surface area contributed by atoms with Crippen LogP contribution in [0.25, 0.3) is 0 Å². The third-order valence-corrected chi connectivity index (χ3v) is 2.28. The molecule has 0 fully saturated rings. The third kappa shape index (κ3) is 4.34. The largest absolute Gasteiger partial charge is 0.468 e. The molecule has 0 aliphatic carbocycles. The Bertz CT molecular complexity index is 429. The maximum absolute atomic E-state index is 11.1. The van der Waals surface area contributed by atoms with Gasteiger partial charge in [0.2, 0.25) is 6.41 Å². The van der Waals surface area contributed by atoms with Gasteiger partial charge in [0.15, 0.2) is 0 Å². The van der Waals surface area contributed by atoms with Crippen molar-refractivity contribution in [3.8, 4) is 0 Å². The summed E-state index contributed by atoms with van der Waals surface area (Å²) >= 11 is 0. The van der Waals surface area contributed by atoms with Gasteiger partial charge in [0, 0.05) is 0 Å². The lowest BCUT2D eigenvalue weighted by Gasteiger charge is -2.08. The first kappa shape index (κ1) is 13.9. The number of nitrogens with two attached hydrogens (primary N) is 1. The molecular formula is C12H15N3O3. The number of esters is 1. The van der Waals surface area contributed by atoms with E-state index in [9.17, 15) is 9.59 Å². The number of amides is 1. The number of benzene rings is 1. The van der Waals surface area contributed by atoms with Crippen LogP contribution in [-0.2, 0) is 20.7 Å². The summed E-state index contributed by atoms with van der Waals surface area (Å²) in [7, 11) is 1.31. The Morgan fingerprint density at radius 3 is 2.72 bits per heavy atom. The molecule has 0 aliphatic heterocycles. The second kappa shape index (κ2) is 7.18. The highest BCUT2D eigenvalue weighted by Crippen LogP contribution is 2.05. The van der Waals surface area contributed by atoms with Crippen LogP contribution in [-0.4, -0.2) is 31.7 Å². The maximum atomic E-state index is 11.1. The van der Waals surface area contributed by atoms with Crippen LogP contribution >= 0.6 is 0 Å². The van der Waals surface area contributed by atoms with Crippen LogP contribution in [0, 0.1) is 0 Å². The molecule has 1 unspecified atom stereocenters. The maximum Gasteiger partial charge on any atom is 0.322 e. The van der Waals surface area contributed by atoms with Crippen LogP contribution in [0.1, 0.15) is 11.1 Å². The molecule has 0 radical (unpaired) electrons. The Morgan fingerprint density at radius 1 is 1.50 bits per heavy atom. The summed E-state index contributed by atoms with van der Waals surface area (Å²) in [6.45, 7) is 0. The Kier molecular flexibility index (Phi) is 5.53. The standard InChI is InChI=1S/C12H15N3O3/c1-18-12(17)11(13)6-9-2-4-10(5-3-9)7-14-15-8-16/h2-5,7-8,11H,6,13H2,1H3,(H,15,16)/b14-7+. The smallest absolute Gasteiger partial charge is 0.322 e. The summed E-state index contributed by atoms with van der Waals surface area (Å²) in [5.74, 6) is -0.434. The summed E-state index contributed by atoms with van der Waals surface area (Å²) in [6, 6.07) is 6.65. The molecule has 0 aliphatic rings. The van der Waals surface area contributed by atoms with Crippen LogP contribution in [0.5, 0.6) is 0 Å². The second-order valence-corrected chi connectivity index (χ2v) is 3.58. The number of carbonyl (C=O) groups excluding carboxylic acids is 2. The number of hydrazone groups is 1. The minimum absolute atomic E-state index is 0.413. The molecule has 1 amide bonds. The minimum atomic E-state index is -0.661. The van der Waals surface area contributed by atoms with Crippen molar-refractivity contribution < 1.29 is 14.3 Å². The van der Waals surface area contributed by atoms with E-state index in [0.717, 1.165) is 11.1 Å². The molecule has 0 saturated heterocycles. The van der Waals surface area contributed by atoms with E-state index in [4.69, 9.17) is 5.73 Å². The van der Waals surface area contributed by atoms with Gasteiger partial charge in [0.1, 0.15) is 6.04 Å². The molecular weight excluding hydrogens is 234 g/mol. The monoisotopic (exact) mass is 249 g/mol. The van der Waals surface area contributed by atoms with Gasteiger partial charge in [-0.15, -0.1) is 0 Å². The quantitative estimate of drug-likeness (QED) is 0.316. The van der Waals surface area contributed by atoms with Crippen LogP contribution in [0.3, 0.4) is 0 Å². The average Bonchev–Trinajstić information content (AvgIpc) is 2.40. The molecule has 6 nitrogen and oxygen atoms in total. The van der Waals surface area contributed by atoms with Crippen molar-refractivity contribution in [1.82, 2.24) is 5.43 Å². The van der Waals surface area contributed by atoms with Crippen LogP contribution in [0.4, 0.5) is 0 Å². The molecule has 96 valence electrons. The highest BCUT2D eigenvalue weighted by Gasteiger charge is 2.13.